The van der Waals surface area contributed by atoms with Gasteiger partial charge in [-0.15, -0.1) is 12.4 Å². The third-order valence-electron chi connectivity index (χ3n) is 5.29. The maximum Gasteiger partial charge on any atom is 0.274 e. The van der Waals surface area contributed by atoms with E-state index in [0.717, 1.165) is 65.8 Å². The summed E-state index contributed by atoms with van der Waals surface area (Å²) in [5.41, 5.74) is 4.60. The topological polar surface area (TPSA) is 74.2 Å². The average molecular weight is 403 g/mol. The first-order chi connectivity index (χ1) is 13.2. The van der Waals surface area contributed by atoms with Crippen LogP contribution in [0.5, 0.6) is 0 Å². The minimum absolute atomic E-state index is 0. The largest absolute Gasteiger partial charge is 0.461 e. The number of H-pyrrole nitrogens is 1. The molecule has 150 valence electrons. The summed E-state index contributed by atoms with van der Waals surface area (Å²) in [6.07, 6.45) is 3.96. The number of benzene rings is 1. The molecule has 2 aromatic heterocycles. The number of nitrogens with one attached hydrogen (secondary N) is 2. The zero-order valence-electron chi connectivity index (χ0n) is 16.4. The second-order valence-electron chi connectivity index (χ2n) is 7.22. The summed E-state index contributed by atoms with van der Waals surface area (Å²) in [6.45, 7) is 4.30. The van der Waals surface area contributed by atoms with Crippen LogP contribution in [0.1, 0.15) is 52.8 Å². The normalized spacial score (nSPS) is 13.2. The number of furan rings is 1. The lowest BCUT2D eigenvalue weighted by Crippen LogP contribution is -2.30. The Bertz CT molecular complexity index is 963. The second-order valence-corrected chi connectivity index (χ2v) is 7.22. The molecule has 3 heterocycles. The molecule has 0 spiro atoms. The highest BCUT2D eigenvalue weighted by atomic mass is 35.5. The minimum Gasteiger partial charge on any atom is -0.461 e. The molecule has 1 aliphatic rings. The number of unbranched alkanes of at least 4 members (excludes halogenated alkanes) is 1. The third kappa shape index (κ3) is 3.80. The molecule has 3 aromatic rings. The van der Waals surface area contributed by atoms with Gasteiger partial charge in [-0.3, -0.25) is 9.89 Å². The predicted octanol–water partition coefficient (Wildman–Crippen LogP) is 3.84. The summed E-state index contributed by atoms with van der Waals surface area (Å²) in [5, 5.41) is 11.7. The van der Waals surface area contributed by atoms with E-state index in [1.165, 1.54) is 0 Å². The van der Waals surface area contributed by atoms with Crippen LogP contribution in [-0.2, 0) is 25.9 Å². The van der Waals surface area contributed by atoms with Gasteiger partial charge in [-0.1, -0.05) is 31.5 Å². The Labute approximate surface area is 171 Å². The summed E-state index contributed by atoms with van der Waals surface area (Å²) >= 11 is 0. The molecule has 4 rings (SSSR count). The maximum atomic E-state index is 13.1. The highest BCUT2D eigenvalue weighted by Crippen LogP contribution is 2.29. The van der Waals surface area contributed by atoms with E-state index in [2.05, 4.69) is 28.5 Å². The van der Waals surface area contributed by atoms with E-state index in [0.29, 0.717) is 18.8 Å². The maximum absolute atomic E-state index is 13.1. The van der Waals surface area contributed by atoms with Gasteiger partial charge in [-0.25, -0.2) is 0 Å². The zero-order chi connectivity index (χ0) is 18.8. The number of carbonyl (C=O) groups is 1. The van der Waals surface area contributed by atoms with E-state index in [4.69, 9.17) is 4.42 Å². The molecule has 0 radical (unpaired) electrons. The molecule has 0 bridgehead atoms. The molecule has 1 aliphatic heterocycles. The number of aromatic nitrogens is 2. The molecule has 0 saturated heterocycles. The summed E-state index contributed by atoms with van der Waals surface area (Å²) in [4.78, 5) is 14.8. The van der Waals surface area contributed by atoms with Crippen molar-refractivity contribution in [2.75, 3.05) is 13.6 Å². The number of rotatable bonds is 6. The van der Waals surface area contributed by atoms with Gasteiger partial charge in [-0.2, -0.15) is 5.10 Å². The van der Waals surface area contributed by atoms with Crippen molar-refractivity contribution in [1.29, 1.82) is 0 Å². The van der Waals surface area contributed by atoms with Crippen molar-refractivity contribution in [3.8, 4) is 0 Å². The van der Waals surface area contributed by atoms with E-state index in [-0.39, 0.29) is 18.3 Å². The van der Waals surface area contributed by atoms with Crippen molar-refractivity contribution in [1.82, 2.24) is 20.4 Å². The van der Waals surface area contributed by atoms with Gasteiger partial charge in [0.2, 0.25) is 0 Å². The summed E-state index contributed by atoms with van der Waals surface area (Å²) in [7, 11) is 1.84. The first kappa shape index (κ1) is 20.4. The predicted molar refractivity (Wildman–Crippen MR) is 112 cm³/mol. The van der Waals surface area contributed by atoms with Crippen molar-refractivity contribution in [3.63, 3.8) is 0 Å². The van der Waals surface area contributed by atoms with E-state index >= 15 is 0 Å². The highest BCUT2D eigenvalue weighted by molar-refractivity contribution is 5.94. The number of hydrogen-bond donors (Lipinski definition) is 2. The smallest absolute Gasteiger partial charge is 0.274 e. The molecular formula is C21H27ClN4O2. The molecule has 2 N–H and O–H groups in total. The van der Waals surface area contributed by atoms with Gasteiger partial charge in [-0.05, 0) is 12.5 Å². The van der Waals surface area contributed by atoms with E-state index in [1.54, 1.807) is 4.90 Å². The molecule has 0 fully saturated rings. The Morgan fingerprint density at radius 3 is 2.96 bits per heavy atom. The van der Waals surface area contributed by atoms with E-state index in [9.17, 15) is 4.79 Å². The van der Waals surface area contributed by atoms with Gasteiger partial charge in [0, 0.05) is 61.7 Å². The van der Waals surface area contributed by atoms with Crippen molar-refractivity contribution < 1.29 is 9.21 Å². The van der Waals surface area contributed by atoms with Crippen LogP contribution in [0.2, 0.25) is 0 Å². The quantitative estimate of drug-likeness (QED) is 0.657. The number of aromatic amines is 1. The lowest BCUT2D eigenvalue weighted by Gasteiger charge is -2.18. The van der Waals surface area contributed by atoms with Crippen LogP contribution in [0.25, 0.3) is 11.0 Å². The Balaban J connectivity index is 0.00000225. The van der Waals surface area contributed by atoms with Crippen LogP contribution < -0.4 is 5.32 Å². The minimum atomic E-state index is -0.0528. The van der Waals surface area contributed by atoms with Crippen LogP contribution >= 0.6 is 12.4 Å². The Hall–Kier alpha value is -2.31. The SMILES string of the molecule is CCCCc1oc2ccccc2c1CN(C)C(=O)c1n[nH]c2c1CNCC2.Cl. The average Bonchev–Trinajstić information content (AvgIpc) is 3.27. The molecule has 0 aliphatic carbocycles. The van der Waals surface area contributed by atoms with Crippen molar-refractivity contribution in [2.45, 2.75) is 45.7 Å². The molecule has 28 heavy (non-hydrogen) atoms. The lowest BCUT2D eigenvalue weighted by molar-refractivity contribution is 0.0778. The van der Waals surface area contributed by atoms with Crippen LogP contribution in [-0.4, -0.2) is 34.6 Å². The van der Waals surface area contributed by atoms with Crippen LogP contribution in [0.3, 0.4) is 0 Å². The standard InChI is InChI=1S/C21H26N4O2.ClH/c1-3-4-8-19-16(14-7-5-6-9-18(14)27-19)13-25(2)21(26)20-15-12-22-11-10-17(15)23-24-20;/h5-7,9,22H,3-4,8,10-13H2,1-2H3,(H,23,24);1H. The van der Waals surface area contributed by atoms with Gasteiger partial charge in [0.25, 0.3) is 5.91 Å². The number of amides is 1. The molecule has 0 unspecified atom stereocenters. The van der Waals surface area contributed by atoms with E-state index < -0.39 is 0 Å². The number of nitrogens with zero attached hydrogens (tertiary/aromatic N) is 2. The fourth-order valence-corrected chi connectivity index (χ4v) is 3.75. The fourth-order valence-electron chi connectivity index (χ4n) is 3.75. The van der Waals surface area contributed by atoms with Gasteiger partial charge in [0.05, 0.1) is 0 Å². The summed E-state index contributed by atoms with van der Waals surface area (Å²) in [6, 6.07) is 8.06. The van der Waals surface area contributed by atoms with E-state index in [1.807, 2.05) is 25.2 Å². The number of para-hydroxylation sites is 1. The molecule has 1 amide bonds. The number of hydrogen-bond acceptors (Lipinski definition) is 4. The molecule has 0 atom stereocenters. The molecule has 1 aromatic carbocycles. The van der Waals surface area contributed by atoms with Crippen LogP contribution in [0, 0.1) is 0 Å². The van der Waals surface area contributed by atoms with Crippen molar-refractivity contribution in [2.24, 2.45) is 0 Å². The summed E-state index contributed by atoms with van der Waals surface area (Å²) in [5.74, 6) is 0.936. The Morgan fingerprint density at radius 2 is 2.14 bits per heavy atom. The Kier molecular flexibility index (Phi) is 6.42. The fraction of sp³-hybridized carbons (Fsp3) is 0.429. The van der Waals surface area contributed by atoms with Gasteiger partial charge in [0.1, 0.15) is 11.3 Å². The van der Waals surface area contributed by atoms with Crippen molar-refractivity contribution >= 4 is 29.3 Å². The number of carbonyl (C=O) groups excluding carboxylic acids is 1. The zero-order valence-corrected chi connectivity index (χ0v) is 17.2. The molecule has 0 saturated carbocycles. The summed E-state index contributed by atoms with van der Waals surface area (Å²) < 4.78 is 6.09. The molecule has 6 nitrogen and oxygen atoms in total. The highest BCUT2D eigenvalue weighted by Gasteiger charge is 2.25. The number of halogens is 1. The molecular weight excluding hydrogens is 376 g/mol. The first-order valence-corrected chi connectivity index (χ1v) is 9.70. The number of fused-ring (bicyclic) bond motifs is 2. The second kappa shape index (κ2) is 8.80. The van der Waals surface area contributed by atoms with Gasteiger partial charge < -0.3 is 14.6 Å². The lowest BCUT2D eigenvalue weighted by atomic mass is 10.1. The molecule has 7 heteroatoms. The van der Waals surface area contributed by atoms with Crippen LogP contribution in [0.4, 0.5) is 0 Å². The van der Waals surface area contributed by atoms with Crippen LogP contribution in [0.15, 0.2) is 28.7 Å². The van der Waals surface area contributed by atoms with Gasteiger partial charge >= 0.3 is 0 Å². The Morgan fingerprint density at radius 1 is 1.32 bits per heavy atom. The van der Waals surface area contributed by atoms with Gasteiger partial charge in [0.15, 0.2) is 5.69 Å². The third-order valence-corrected chi connectivity index (χ3v) is 5.29. The first-order valence-electron chi connectivity index (χ1n) is 9.70. The monoisotopic (exact) mass is 402 g/mol. The number of aryl methyl sites for hydroxylation is 1. The van der Waals surface area contributed by atoms with Crippen molar-refractivity contribution in [3.05, 3.63) is 52.5 Å².